The SMILES string of the molecule is CC[C@H]1c2ccsc2CCN1S(=O)(=O)c1ccccc1OC(F)(F)F. The molecule has 0 fully saturated rings. The lowest BCUT2D eigenvalue weighted by atomic mass is 10.0. The molecule has 2 aromatic rings. The van der Waals surface area contributed by atoms with Crippen molar-refractivity contribution in [1.82, 2.24) is 4.31 Å². The summed E-state index contributed by atoms with van der Waals surface area (Å²) in [5, 5.41) is 1.91. The van der Waals surface area contributed by atoms with Crippen LogP contribution in [0.25, 0.3) is 0 Å². The van der Waals surface area contributed by atoms with Crippen LogP contribution in [0.5, 0.6) is 5.75 Å². The van der Waals surface area contributed by atoms with Gasteiger partial charge in [-0.15, -0.1) is 24.5 Å². The highest BCUT2D eigenvalue weighted by molar-refractivity contribution is 7.89. The predicted molar refractivity (Wildman–Crippen MR) is 88.1 cm³/mol. The number of ether oxygens (including phenoxy) is 1. The Hall–Kier alpha value is -1.58. The van der Waals surface area contributed by atoms with Gasteiger partial charge in [-0.05, 0) is 42.0 Å². The van der Waals surface area contributed by atoms with Crippen LogP contribution in [0.1, 0.15) is 29.8 Å². The van der Waals surface area contributed by atoms with Gasteiger partial charge in [0.1, 0.15) is 10.6 Å². The average Bonchev–Trinajstić information content (AvgIpc) is 3.01. The van der Waals surface area contributed by atoms with Crippen LogP contribution in [-0.2, 0) is 16.4 Å². The molecule has 0 spiro atoms. The quantitative estimate of drug-likeness (QED) is 0.779. The number of benzene rings is 1. The van der Waals surface area contributed by atoms with Crippen molar-refractivity contribution in [3.05, 3.63) is 46.2 Å². The summed E-state index contributed by atoms with van der Waals surface area (Å²) in [6, 6.07) is 6.35. The number of halogens is 3. The standard InChI is InChI=1S/C16H16F3NO3S2/c1-2-12-11-8-10-24-14(11)7-9-20(12)25(21,22)15-6-4-3-5-13(15)23-16(17,18)19/h3-6,8,10,12H,2,7,9H2,1H3/t12-/m0/s1. The van der Waals surface area contributed by atoms with Gasteiger partial charge in [0, 0.05) is 11.4 Å². The summed E-state index contributed by atoms with van der Waals surface area (Å²) in [6.45, 7) is 2.09. The van der Waals surface area contributed by atoms with Crippen molar-refractivity contribution in [1.29, 1.82) is 0 Å². The number of sulfonamides is 1. The van der Waals surface area contributed by atoms with Crippen molar-refractivity contribution >= 4 is 21.4 Å². The molecule has 0 N–H and O–H groups in total. The lowest BCUT2D eigenvalue weighted by Crippen LogP contribution is -2.39. The third kappa shape index (κ3) is 3.54. The zero-order chi connectivity index (χ0) is 18.2. The number of rotatable bonds is 4. The minimum Gasteiger partial charge on any atom is -0.404 e. The van der Waals surface area contributed by atoms with E-state index in [9.17, 15) is 21.6 Å². The molecule has 1 aromatic heterocycles. The molecule has 0 amide bonds. The van der Waals surface area contributed by atoms with Gasteiger partial charge in [-0.2, -0.15) is 4.31 Å². The lowest BCUT2D eigenvalue weighted by molar-refractivity contribution is -0.275. The van der Waals surface area contributed by atoms with Crippen LogP contribution in [0.15, 0.2) is 40.6 Å². The molecule has 2 heterocycles. The second-order valence-corrected chi connectivity index (χ2v) is 8.44. The van der Waals surface area contributed by atoms with Gasteiger partial charge in [0.2, 0.25) is 10.0 Å². The van der Waals surface area contributed by atoms with Crippen molar-refractivity contribution in [2.24, 2.45) is 0 Å². The molecule has 1 aromatic carbocycles. The molecule has 0 radical (unpaired) electrons. The molecule has 0 bridgehead atoms. The van der Waals surface area contributed by atoms with Gasteiger partial charge in [-0.25, -0.2) is 8.42 Å². The number of hydrogen-bond donors (Lipinski definition) is 0. The first-order valence-electron chi connectivity index (χ1n) is 7.67. The van der Waals surface area contributed by atoms with Gasteiger partial charge in [-0.3, -0.25) is 0 Å². The van der Waals surface area contributed by atoms with Gasteiger partial charge in [0.05, 0.1) is 6.04 Å². The third-order valence-corrected chi connectivity index (χ3v) is 7.04. The Kier molecular flexibility index (Phi) is 4.82. The minimum atomic E-state index is -4.96. The number of nitrogens with zero attached hydrogens (tertiary/aromatic N) is 1. The van der Waals surface area contributed by atoms with E-state index >= 15 is 0 Å². The Labute approximate surface area is 147 Å². The highest BCUT2D eigenvalue weighted by Crippen LogP contribution is 2.40. The topological polar surface area (TPSA) is 46.6 Å². The molecule has 4 nitrogen and oxygen atoms in total. The number of para-hydroxylation sites is 1. The predicted octanol–water partition coefficient (Wildman–Crippen LogP) is 4.34. The van der Waals surface area contributed by atoms with Crippen LogP contribution < -0.4 is 4.74 Å². The largest absolute Gasteiger partial charge is 0.573 e. The van der Waals surface area contributed by atoms with E-state index < -0.39 is 27.0 Å². The highest BCUT2D eigenvalue weighted by atomic mass is 32.2. The Morgan fingerprint density at radius 1 is 1.28 bits per heavy atom. The van der Waals surface area contributed by atoms with Crippen LogP contribution in [0.2, 0.25) is 0 Å². The zero-order valence-corrected chi connectivity index (χ0v) is 14.9. The molecule has 3 rings (SSSR count). The molecule has 9 heteroatoms. The third-order valence-electron chi connectivity index (χ3n) is 4.09. The zero-order valence-electron chi connectivity index (χ0n) is 13.3. The lowest BCUT2D eigenvalue weighted by Gasteiger charge is -2.34. The van der Waals surface area contributed by atoms with Crippen molar-refractivity contribution in [2.75, 3.05) is 6.54 Å². The number of fused-ring (bicyclic) bond motifs is 1. The second-order valence-electron chi connectivity index (χ2n) is 5.58. The fraction of sp³-hybridized carbons (Fsp3) is 0.375. The summed E-state index contributed by atoms with van der Waals surface area (Å²) < 4.78 is 69.2. The van der Waals surface area contributed by atoms with Crippen molar-refractivity contribution in [3.8, 4) is 5.75 Å². The minimum absolute atomic E-state index is 0.231. The normalized spacial score (nSPS) is 18.8. The molecule has 0 saturated carbocycles. The van der Waals surface area contributed by atoms with Crippen LogP contribution >= 0.6 is 11.3 Å². The summed E-state index contributed by atoms with van der Waals surface area (Å²) in [6.07, 6.45) is -3.88. The van der Waals surface area contributed by atoms with E-state index in [-0.39, 0.29) is 12.6 Å². The van der Waals surface area contributed by atoms with Crippen molar-refractivity contribution < 1.29 is 26.3 Å². The van der Waals surface area contributed by atoms with Crippen LogP contribution in [0.4, 0.5) is 13.2 Å². The summed E-state index contributed by atoms with van der Waals surface area (Å²) >= 11 is 1.57. The Morgan fingerprint density at radius 3 is 2.68 bits per heavy atom. The molecule has 136 valence electrons. The van der Waals surface area contributed by atoms with Gasteiger partial charge in [0.25, 0.3) is 0 Å². The van der Waals surface area contributed by atoms with Crippen molar-refractivity contribution in [2.45, 2.75) is 37.1 Å². The van der Waals surface area contributed by atoms with E-state index in [2.05, 4.69) is 4.74 Å². The molecule has 0 aliphatic carbocycles. The maximum atomic E-state index is 13.1. The Balaban J connectivity index is 2.03. The molecular weight excluding hydrogens is 375 g/mol. The van der Waals surface area contributed by atoms with Crippen LogP contribution in [0.3, 0.4) is 0 Å². The maximum Gasteiger partial charge on any atom is 0.573 e. The average molecular weight is 391 g/mol. The summed E-state index contributed by atoms with van der Waals surface area (Å²) in [5.41, 5.74) is 0.927. The van der Waals surface area contributed by atoms with Crippen LogP contribution in [0, 0.1) is 0 Å². The van der Waals surface area contributed by atoms with Gasteiger partial charge in [0.15, 0.2) is 0 Å². The van der Waals surface area contributed by atoms with Crippen LogP contribution in [-0.4, -0.2) is 25.6 Å². The van der Waals surface area contributed by atoms with Gasteiger partial charge < -0.3 is 4.74 Å². The second kappa shape index (κ2) is 6.62. The summed E-state index contributed by atoms with van der Waals surface area (Å²) in [7, 11) is -4.13. The molecule has 0 saturated heterocycles. The molecule has 1 aliphatic heterocycles. The van der Waals surface area contributed by atoms with E-state index in [4.69, 9.17) is 0 Å². The fourth-order valence-corrected chi connectivity index (χ4v) is 5.81. The van der Waals surface area contributed by atoms with Gasteiger partial charge in [-0.1, -0.05) is 19.1 Å². The van der Waals surface area contributed by atoms with E-state index in [1.165, 1.54) is 16.4 Å². The first-order chi connectivity index (χ1) is 11.7. The molecule has 1 aliphatic rings. The fourth-order valence-electron chi connectivity index (χ4n) is 3.08. The number of hydrogen-bond acceptors (Lipinski definition) is 4. The van der Waals surface area contributed by atoms with E-state index in [0.29, 0.717) is 12.8 Å². The highest BCUT2D eigenvalue weighted by Gasteiger charge is 2.39. The number of thiophene rings is 1. The monoisotopic (exact) mass is 391 g/mol. The Bertz CT molecular complexity index is 862. The molecule has 25 heavy (non-hydrogen) atoms. The van der Waals surface area contributed by atoms with E-state index in [1.807, 2.05) is 18.4 Å². The van der Waals surface area contributed by atoms with E-state index in [1.54, 1.807) is 11.3 Å². The van der Waals surface area contributed by atoms with E-state index in [0.717, 1.165) is 22.6 Å². The summed E-state index contributed by atoms with van der Waals surface area (Å²) in [4.78, 5) is 0.655. The smallest absolute Gasteiger partial charge is 0.404 e. The first kappa shape index (κ1) is 18.2. The first-order valence-corrected chi connectivity index (χ1v) is 9.99. The number of alkyl halides is 3. The molecule has 0 unspecified atom stereocenters. The Morgan fingerprint density at radius 2 is 2.00 bits per heavy atom. The summed E-state index contributed by atoms with van der Waals surface area (Å²) in [5.74, 6) is -0.707. The molecule has 1 atom stereocenters. The van der Waals surface area contributed by atoms with Crippen molar-refractivity contribution in [3.63, 3.8) is 0 Å². The van der Waals surface area contributed by atoms with Gasteiger partial charge >= 0.3 is 6.36 Å². The maximum absolute atomic E-state index is 13.1. The molecular formula is C16H16F3NO3S2.